The van der Waals surface area contributed by atoms with E-state index in [1.807, 2.05) is 36.5 Å². The number of nitrogens with one attached hydrogen (secondary N) is 1. The molecule has 0 saturated heterocycles. The molecule has 0 saturated carbocycles. The topological polar surface area (TPSA) is 81.2 Å². The fourth-order valence-electron chi connectivity index (χ4n) is 1.49. The van der Waals surface area contributed by atoms with Gasteiger partial charge in [0.2, 0.25) is 6.29 Å². The molecule has 0 bridgehead atoms. The number of aryl methyl sites for hydroxylation is 1. The Hall–Kier alpha value is -2.83. The maximum absolute atomic E-state index is 13.4. The summed E-state index contributed by atoms with van der Waals surface area (Å²) >= 11 is 0. The minimum absolute atomic E-state index is 0.0222. The van der Waals surface area contributed by atoms with E-state index in [-0.39, 0.29) is 18.9 Å². The number of rotatable bonds is 5. The molecule has 2 aromatic rings. The monoisotopic (exact) mass is 289 g/mol. The molecule has 0 spiro atoms. The molecule has 0 radical (unpaired) electrons. The maximum Gasteiger partial charge on any atom is 0.318 e. The van der Waals surface area contributed by atoms with E-state index in [0.29, 0.717) is 0 Å². The Morgan fingerprint density at radius 3 is 2.76 bits per heavy atom. The van der Waals surface area contributed by atoms with E-state index in [1.165, 1.54) is 0 Å². The van der Waals surface area contributed by atoms with Crippen LogP contribution < -0.4 is 10.1 Å². The quantitative estimate of drug-likeness (QED) is 0.668. The zero-order chi connectivity index (χ0) is 15.2. The smallest absolute Gasteiger partial charge is 0.318 e. The molecule has 0 aliphatic heterocycles. The lowest BCUT2D eigenvalue weighted by atomic mass is 10.2. The largest absolute Gasteiger partial charge is 0.459 e. The molecule has 1 amide bonds. The van der Waals surface area contributed by atoms with Crippen molar-refractivity contribution in [2.24, 2.45) is 0 Å². The van der Waals surface area contributed by atoms with Crippen LogP contribution in [0.15, 0.2) is 30.5 Å². The normalized spacial score (nSPS) is 10.0. The van der Waals surface area contributed by atoms with Crippen molar-refractivity contribution in [3.05, 3.63) is 47.4 Å². The summed E-state index contributed by atoms with van der Waals surface area (Å²) in [5.41, 5.74) is 2.02. The number of amides is 1. The Morgan fingerprint density at radius 1 is 1.38 bits per heavy atom. The lowest BCUT2D eigenvalue weighted by Crippen LogP contribution is -2.15. The van der Waals surface area contributed by atoms with Gasteiger partial charge >= 0.3 is 6.01 Å². The van der Waals surface area contributed by atoms with Crippen LogP contribution in [0.2, 0.25) is 0 Å². The van der Waals surface area contributed by atoms with Gasteiger partial charge in [-0.2, -0.15) is 4.98 Å². The van der Waals surface area contributed by atoms with Gasteiger partial charge in [0.15, 0.2) is 11.6 Å². The first kappa shape index (κ1) is 14.6. The van der Waals surface area contributed by atoms with E-state index in [9.17, 15) is 14.0 Å². The average Bonchev–Trinajstić information content (AvgIpc) is 2.49. The minimum Gasteiger partial charge on any atom is -0.459 e. The standard InChI is InChI=1S/C14H12FN3O3/c1-9-2-4-10(5-3-9)8-21-14-16-6-11(15)13(18-14)17-12(20)7-19/h2-7H,8H2,1H3,(H,16,17,18,20). The summed E-state index contributed by atoms with van der Waals surface area (Å²) in [6.45, 7) is 2.17. The van der Waals surface area contributed by atoms with Gasteiger partial charge in [-0.25, -0.2) is 9.37 Å². The summed E-state index contributed by atoms with van der Waals surface area (Å²) in [6.07, 6.45) is 0.881. The van der Waals surface area contributed by atoms with Crippen LogP contribution in [-0.2, 0) is 16.2 Å². The summed E-state index contributed by atoms with van der Waals surface area (Å²) in [7, 11) is 0. The number of benzene rings is 1. The number of anilines is 1. The number of halogens is 1. The van der Waals surface area contributed by atoms with Gasteiger partial charge in [0.05, 0.1) is 6.20 Å². The van der Waals surface area contributed by atoms with Crippen molar-refractivity contribution in [1.29, 1.82) is 0 Å². The molecule has 6 nitrogen and oxygen atoms in total. The van der Waals surface area contributed by atoms with Crippen molar-refractivity contribution >= 4 is 18.0 Å². The van der Waals surface area contributed by atoms with Crippen molar-refractivity contribution in [3.63, 3.8) is 0 Å². The van der Waals surface area contributed by atoms with E-state index in [0.717, 1.165) is 17.3 Å². The second-order valence-corrected chi connectivity index (χ2v) is 4.23. The van der Waals surface area contributed by atoms with E-state index < -0.39 is 17.5 Å². The van der Waals surface area contributed by atoms with Crippen molar-refractivity contribution in [1.82, 2.24) is 9.97 Å². The Morgan fingerprint density at radius 2 is 2.10 bits per heavy atom. The van der Waals surface area contributed by atoms with Gasteiger partial charge in [0.25, 0.3) is 5.91 Å². The predicted molar refractivity (Wildman–Crippen MR) is 72.2 cm³/mol. The zero-order valence-electron chi connectivity index (χ0n) is 11.2. The molecule has 1 N–H and O–H groups in total. The van der Waals surface area contributed by atoms with Crippen molar-refractivity contribution in [2.45, 2.75) is 13.5 Å². The predicted octanol–water partition coefficient (Wildman–Crippen LogP) is 1.64. The van der Waals surface area contributed by atoms with Crippen LogP contribution >= 0.6 is 0 Å². The molecular formula is C14H12FN3O3. The maximum atomic E-state index is 13.4. The highest BCUT2D eigenvalue weighted by molar-refractivity contribution is 6.29. The van der Waals surface area contributed by atoms with Gasteiger partial charge in [-0.1, -0.05) is 29.8 Å². The third-order valence-corrected chi connectivity index (χ3v) is 2.56. The van der Waals surface area contributed by atoms with Crippen LogP contribution in [0.4, 0.5) is 10.2 Å². The van der Waals surface area contributed by atoms with Crippen LogP contribution in [-0.4, -0.2) is 22.2 Å². The number of carbonyl (C=O) groups is 2. The molecule has 1 heterocycles. The van der Waals surface area contributed by atoms with Crippen molar-refractivity contribution < 1.29 is 18.7 Å². The number of carbonyl (C=O) groups excluding carboxylic acids is 2. The fourth-order valence-corrected chi connectivity index (χ4v) is 1.49. The Balaban J connectivity index is 2.06. The van der Waals surface area contributed by atoms with E-state index in [4.69, 9.17) is 4.74 Å². The lowest BCUT2D eigenvalue weighted by Gasteiger charge is -2.07. The first-order valence-electron chi connectivity index (χ1n) is 6.05. The molecule has 0 aliphatic carbocycles. The molecule has 0 fully saturated rings. The van der Waals surface area contributed by atoms with E-state index in [1.54, 1.807) is 0 Å². The number of hydrogen-bond acceptors (Lipinski definition) is 5. The van der Waals surface area contributed by atoms with Crippen molar-refractivity contribution in [2.75, 3.05) is 5.32 Å². The first-order valence-corrected chi connectivity index (χ1v) is 6.05. The second-order valence-electron chi connectivity index (χ2n) is 4.23. The van der Waals surface area contributed by atoms with Crippen LogP contribution in [0.5, 0.6) is 6.01 Å². The summed E-state index contributed by atoms with van der Waals surface area (Å²) in [5, 5.41) is 1.99. The van der Waals surface area contributed by atoms with Gasteiger partial charge < -0.3 is 10.1 Å². The average molecular weight is 289 g/mol. The molecule has 108 valence electrons. The third kappa shape index (κ3) is 4.07. The fraction of sp³-hybridized carbons (Fsp3) is 0.143. The van der Waals surface area contributed by atoms with Crippen LogP contribution in [0.25, 0.3) is 0 Å². The van der Waals surface area contributed by atoms with Gasteiger partial charge in [0.1, 0.15) is 6.61 Å². The summed E-state index contributed by atoms with van der Waals surface area (Å²) in [5.74, 6) is -2.26. The molecule has 21 heavy (non-hydrogen) atoms. The molecule has 0 aliphatic rings. The zero-order valence-corrected chi connectivity index (χ0v) is 11.2. The first-order chi connectivity index (χ1) is 10.1. The Labute approximate surface area is 120 Å². The molecule has 1 aromatic carbocycles. The van der Waals surface area contributed by atoms with Gasteiger partial charge in [-0.15, -0.1) is 0 Å². The third-order valence-electron chi connectivity index (χ3n) is 2.56. The highest BCUT2D eigenvalue weighted by atomic mass is 19.1. The van der Waals surface area contributed by atoms with Crippen LogP contribution in [0, 0.1) is 12.7 Å². The summed E-state index contributed by atoms with van der Waals surface area (Å²) < 4.78 is 18.7. The molecule has 1 aromatic heterocycles. The molecule has 0 unspecified atom stereocenters. The van der Waals surface area contributed by atoms with Gasteiger partial charge in [-0.05, 0) is 12.5 Å². The van der Waals surface area contributed by atoms with Crippen LogP contribution in [0.1, 0.15) is 11.1 Å². The molecular weight excluding hydrogens is 277 g/mol. The molecule has 7 heteroatoms. The van der Waals surface area contributed by atoms with Gasteiger partial charge in [-0.3, -0.25) is 9.59 Å². The molecule has 0 atom stereocenters. The highest BCUT2D eigenvalue weighted by Crippen LogP contribution is 2.14. The highest BCUT2D eigenvalue weighted by Gasteiger charge is 2.10. The SMILES string of the molecule is Cc1ccc(COc2ncc(F)c(NC(=O)C=O)n2)cc1. The lowest BCUT2D eigenvalue weighted by molar-refractivity contribution is -0.127. The van der Waals surface area contributed by atoms with Crippen LogP contribution in [0.3, 0.4) is 0 Å². The number of aromatic nitrogens is 2. The number of aldehydes is 1. The summed E-state index contributed by atoms with van der Waals surface area (Å²) in [6, 6.07) is 7.53. The van der Waals surface area contributed by atoms with Gasteiger partial charge in [0, 0.05) is 0 Å². The number of hydrogen-bond donors (Lipinski definition) is 1. The molecule has 2 rings (SSSR count). The Bertz CT molecular complexity index is 659. The summed E-state index contributed by atoms with van der Waals surface area (Å²) in [4.78, 5) is 28.5. The minimum atomic E-state index is -1.00. The van der Waals surface area contributed by atoms with E-state index >= 15 is 0 Å². The number of ether oxygens (including phenoxy) is 1. The second kappa shape index (κ2) is 6.56. The van der Waals surface area contributed by atoms with Crippen molar-refractivity contribution in [3.8, 4) is 6.01 Å². The van der Waals surface area contributed by atoms with E-state index in [2.05, 4.69) is 9.97 Å². The number of nitrogens with zero attached hydrogens (tertiary/aromatic N) is 2. The Kier molecular flexibility index (Phi) is 4.55.